The van der Waals surface area contributed by atoms with Gasteiger partial charge in [-0.05, 0) is 18.6 Å². The Morgan fingerprint density at radius 3 is 2.06 bits per heavy atom. The van der Waals surface area contributed by atoms with Crippen molar-refractivity contribution in [2.24, 2.45) is 5.73 Å². The maximum Gasteiger partial charge on any atom is 0.416 e. The third-order valence-corrected chi connectivity index (χ3v) is 1.76. The third kappa shape index (κ3) is 5.91. The van der Waals surface area contributed by atoms with E-state index in [0.29, 0.717) is 0 Å². The van der Waals surface area contributed by atoms with E-state index in [2.05, 4.69) is 0 Å². The number of hydrogen-bond acceptors (Lipinski definition) is 2. The summed E-state index contributed by atoms with van der Waals surface area (Å²) >= 11 is 0. The van der Waals surface area contributed by atoms with Gasteiger partial charge in [-0.15, -0.1) is 0 Å². The predicted octanol–water partition coefficient (Wildman–Crippen LogP) is 2.82. The number of carboxylic acids is 1. The van der Waals surface area contributed by atoms with Gasteiger partial charge in [0.15, 0.2) is 0 Å². The molecule has 1 aromatic rings. The monoisotopic (exact) mass is 249 g/mol. The fourth-order valence-corrected chi connectivity index (χ4v) is 1.15. The minimum atomic E-state index is -4.32. The minimum Gasteiger partial charge on any atom is -0.481 e. The van der Waals surface area contributed by atoms with Gasteiger partial charge in [0.2, 0.25) is 0 Å². The Bertz CT molecular complexity index is 371. The maximum absolute atomic E-state index is 12.4. The van der Waals surface area contributed by atoms with Crippen LogP contribution in [-0.2, 0) is 11.0 Å². The first-order valence-corrected chi connectivity index (χ1v) is 4.77. The summed E-state index contributed by atoms with van der Waals surface area (Å²) in [6.45, 7) is 2.62. The highest BCUT2D eigenvalue weighted by atomic mass is 19.4. The van der Waals surface area contributed by atoms with Crippen LogP contribution in [0.4, 0.5) is 13.2 Å². The molecular formula is C11H14F3NO2. The number of aliphatic carboxylic acids is 1. The molecule has 0 radical (unpaired) electrons. The molecule has 1 rings (SSSR count). The van der Waals surface area contributed by atoms with Gasteiger partial charge in [-0.2, -0.15) is 13.2 Å². The smallest absolute Gasteiger partial charge is 0.416 e. The van der Waals surface area contributed by atoms with Crippen LogP contribution >= 0.6 is 0 Å². The van der Waals surface area contributed by atoms with Crippen molar-refractivity contribution in [1.82, 2.24) is 0 Å². The number of nitrogens with two attached hydrogens (primary N) is 1. The number of benzene rings is 1. The van der Waals surface area contributed by atoms with E-state index in [9.17, 15) is 13.2 Å². The summed E-state index contributed by atoms with van der Waals surface area (Å²) < 4.78 is 37.1. The number of carbonyl (C=O) groups is 1. The van der Waals surface area contributed by atoms with Gasteiger partial charge in [0.25, 0.3) is 5.97 Å². The zero-order valence-electron chi connectivity index (χ0n) is 9.45. The Hall–Kier alpha value is -1.56. The van der Waals surface area contributed by atoms with E-state index in [1.807, 2.05) is 0 Å². The first-order valence-electron chi connectivity index (χ1n) is 4.77. The van der Waals surface area contributed by atoms with Crippen LogP contribution in [0.1, 0.15) is 31.0 Å². The fourth-order valence-electron chi connectivity index (χ4n) is 1.15. The van der Waals surface area contributed by atoms with E-state index in [1.54, 1.807) is 6.07 Å². The SMILES string of the molecule is CC(=O)O.CC(N)c1ccccc1C(F)(F)F. The largest absolute Gasteiger partial charge is 0.481 e. The molecule has 1 unspecified atom stereocenters. The molecule has 0 heterocycles. The normalized spacial score (nSPS) is 12.4. The van der Waals surface area contributed by atoms with E-state index in [4.69, 9.17) is 15.6 Å². The summed E-state index contributed by atoms with van der Waals surface area (Å²) in [5.41, 5.74) is 4.90. The van der Waals surface area contributed by atoms with Crippen molar-refractivity contribution in [3.63, 3.8) is 0 Å². The van der Waals surface area contributed by atoms with Crippen molar-refractivity contribution in [1.29, 1.82) is 0 Å². The maximum atomic E-state index is 12.4. The highest BCUT2D eigenvalue weighted by molar-refractivity contribution is 5.62. The van der Waals surface area contributed by atoms with Crippen LogP contribution < -0.4 is 5.73 Å². The van der Waals surface area contributed by atoms with Gasteiger partial charge in [-0.3, -0.25) is 4.79 Å². The van der Waals surface area contributed by atoms with Crippen molar-refractivity contribution in [3.8, 4) is 0 Å². The number of halogens is 3. The molecule has 3 nitrogen and oxygen atoms in total. The summed E-state index contributed by atoms with van der Waals surface area (Å²) in [5, 5.41) is 7.42. The van der Waals surface area contributed by atoms with Crippen LogP contribution in [-0.4, -0.2) is 11.1 Å². The van der Waals surface area contributed by atoms with Crippen molar-refractivity contribution >= 4 is 5.97 Å². The number of carboxylic acid groups (broad SMARTS) is 1. The molecule has 0 aliphatic heterocycles. The van der Waals surface area contributed by atoms with Crippen LogP contribution in [0.5, 0.6) is 0 Å². The molecule has 0 saturated heterocycles. The van der Waals surface area contributed by atoms with E-state index >= 15 is 0 Å². The van der Waals surface area contributed by atoms with Crippen LogP contribution in [0.2, 0.25) is 0 Å². The van der Waals surface area contributed by atoms with Crippen LogP contribution in [0.15, 0.2) is 24.3 Å². The van der Waals surface area contributed by atoms with Crippen LogP contribution in [0.3, 0.4) is 0 Å². The number of hydrogen-bond donors (Lipinski definition) is 2. The molecule has 0 aromatic heterocycles. The standard InChI is InChI=1S/C9H10F3N.C2H4O2/c1-6(13)7-4-2-3-5-8(7)9(10,11)12;1-2(3)4/h2-6H,13H2,1H3;1H3,(H,3,4). The summed E-state index contributed by atoms with van der Waals surface area (Å²) in [7, 11) is 0. The average Bonchev–Trinajstić information content (AvgIpc) is 2.15. The predicted molar refractivity (Wildman–Crippen MR) is 57.4 cm³/mol. The quantitative estimate of drug-likeness (QED) is 0.804. The molecule has 0 aliphatic carbocycles. The first kappa shape index (κ1) is 15.4. The van der Waals surface area contributed by atoms with Crippen molar-refractivity contribution in [2.45, 2.75) is 26.1 Å². The van der Waals surface area contributed by atoms with Gasteiger partial charge in [-0.1, -0.05) is 18.2 Å². The van der Waals surface area contributed by atoms with E-state index in [1.165, 1.54) is 19.1 Å². The highest BCUT2D eigenvalue weighted by Crippen LogP contribution is 2.33. The first-order chi connectivity index (χ1) is 7.66. The van der Waals surface area contributed by atoms with Gasteiger partial charge in [0.05, 0.1) is 5.56 Å². The molecular weight excluding hydrogens is 235 g/mol. The van der Waals surface area contributed by atoms with Gasteiger partial charge in [0, 0.05) is 13.0 Å². The molecule has 0 aliphatic rings. The Balaban J connectivity index is 0.000000557. The van der Waals surface area contributed by atoms with E-state index in [-0.39, 0.29) is 5.56 Å². The molecule has 0 bridgehead atoms. The van der Waals surface area contributed by atoms with Crippen LogP contribution in [0.25, 0.3) is 0 Å². The second-order valence-electron chi connectivity index (χ2n) is 3.39. The van der Waals surface area contributed by atoms with Gasteiger partial charge in [-0.25, -0.2) is 0 Å². The Kier molecular flexibility index (Phi) is 5.67. The fraction of sp³-hybridized carbons (Fsp3) is 0.364. The summed E-state index contributed by atoms with van der Waals surface area (Å²) in [5.74, 6) is -0.833. The Morgan fingerprint density at radius 2 is 1.76 bits per heavy atom. The van der Waals surface area contributed by atoms with Crippen molar-refractivity contribution in [3.05, 3.63) is 35.4 Å². The molecule has 17 heavy (non-hydrogen) atoms. The molecule has 0 amide bonds. The summed E-state index contributed by atoms with van der Waals surface area (Å²) in [4.78, 5) is 9.00. The van der Waals surface area contributed by atoms with Crippen molar-refractivity contribution in [2.75, 3.05) is 0 Å². The minimum absolute atomic E-state index is 0.134. The molecule has 6 heteroatoms. The molecule has 1 atom stereocenters. The summed E-state index contributed by atoms with van der Waals surface area (Å²) in [6.07, 6.45) is -4.32. The summed E-state index contributed by atoms with van der Waals surface area (Å²) in [6, 6.07) is 4.74. The second kappa shape index (κ2) is 6.24. The second-order valence-corrected chi connectivity index (χ2v) is 3.39. The lowest BCUT2D eigenvalue weighted by molar-refractivity contribution is -0.138. The average molecular weight is 249 g/mol. The highest BCUT2D eigenvalue weighted by Gasteiger charge is 2.33. The molecule has 0 fully saturated rings. The lowest BCUT2D eigenvalue weighted by atomic mass is 10.0. The molecule has 96 valence electrons. The number of rotatable bonds is 1. The topological polar surface area (TPSA) is 63.3 Å². The Morgan fingerprint density at radius 1 is 1.35 bits per heavy atom. The van der Waals surface area contributed by atoms with Gasteiger partial charge in [0.1, 0.15) is 0 Å². The molecule has 0 saturated carbocycles. The Labute approximate surface area is 97.1 Å². The third-order valence-electron chi connectivity index (χ3n) is 1.76. The number of alkyl halides is 3. The molecule has 1 aromatic carbocycles. The zero-order chi connectivity index (χ0) is 13.6. The van der Waals surface area contributed by atoms with Crippen LogP contribution in [0, 0.1) is 0 Å². The van der Waals surface area contributed by atoms with E-state index < -0.39 is 23.8 Å². The lowest BCUT2D eigenvalue weighted by Crippen LogP contribution is -2.14. The van der Waals surface area contributed by atoms with Crippen molar-refractivity contribution < 1.29 is 23.1 Å². The molecule has 3 N–H and O–H groups in total. The lowest BCUT2D eigenvalue weighted by Gasteiger charge is -2.14. The van der Waals surface area contributed by atoms with Gasteiger partial charge < -0.3 is 10.8 Å². The zero-order valence-corrected chi connectivity index (χ0v) is 9.45. The van der Waals surface area contributed by atoms with E-state index in [0.717, 1.165) is 13.0 Å². The van der Waals surface area contributed by atoms with Gasteiger partial charge >= 0.3 is 6.18 Å². The molecule has 0 spiro atoms.